The molecule has 0 amide bonds. The second-order valence-corrected chi connectivity index (χ2v) is 5.66. The van der Waals surface area contributed by atoms with Gasteiger partial charge in [-0.1, -0.05) is 6.07 Å². The summed E-state index contributed by atoms with van der Waals surface area (Å²) in [6.45, 7) is 0. The van der Waals surface area contributed by atoms with Crippen molar-refractivity contribution >= 4 is 21.4 Å². The van der Waals surface area contributed by atoms with Crippen LogP contribution in [0.5, 0.6) is 0 Å². The van der Waals surface area contributed by atoms with Crippen LogP contribution in [0.15, 0.2) is 47.4 Å². The standard InChI is InChI=1S/C13H12F2N2O2S/c1-16-9-5-7-10(8-6-9)20(18,19)17-13-11(14)3-2-4-12(13)15/h2-8,16-17H,1H3. The first-order chi connectivity index (χ1) is 9.44. The molecule has 0 fully saturated rings. The average Bonchev–Trinajstić information content (AvgIpc) is 2.43. The first kappa shape index (κ1) is 14.3. The highest BCUT2D eigenvalue weighted by Gasteiger charge is 2.18. The number of hydrogen-bond acceptors (Lipinski definition) is 3. The molecule has 2 aromatic carbocycles. The molecule has 2 rings (SSSR count). The molecule has 2 aromatic rings. The summed E-state index contributed by atoms with van der Waals surface area (Å²) in [5.41, 5.74) is 0.0335. The first-order valence-electron chi connectivity index (χ1n) is 5.68. The van der Waals surface area contributed by atoms with Gasteiger partial charge in [0, 0.05) is 12.7 Å². The summed E-state index contributed by atoms with van der Waals surface area (Å²) in [6, 6.07) is 8.89. The fourth-order valence-electron chi connectivity index (χ4n) is 1.59. The van der Waals surface area contributed by atoms with Crippen molar-refractivity contribution < 1.29 is 17.2 Å². The number of sulfonamides is 1. The zero-order valence-electron chi connectivity index (χ0n) is 10.5. The van der Waals surface area contributed by atoms with Crippen LogP contribution in [0, 0.1) is 11.6 Å². The lowest BCUT2D eigenvalue weighted by molar-refractivity contribution is 0.583. The number of rotatable bonds is 4. The van der Waals surface area contributed by atoms with Crippen LogP contribution in [0.25, 0.3) is 0 Å². The van der Waals surface area contributed by atoms with Crippen LogP contribution in [0.4, 0.5) is 20.2 Å². The van der Waals surface area contributed by atoms with Crippen molar-refractivity contribution in [2.24, 2.45) is 0 Å². The Morgan fingerprint density at radius 2 is 1.50 bits per heavy atom. The van der Waals surface area contributed by atoms with Gasteiger partial charge in [-0.2, -0.15) is 0 Å². The molecular weight excluding hydrogens is 286 g/mol. The molecule has 0 radical (unpaired) electrons. The fourth-order valence-corrected chi connectivity index (χ4v) is 2.67. The maximum absolute atomic E-state index is 13.4. The molecule has 106 valence electrons. The number of halogens is 2. The quantitative estimate of drug-likeness (QED) is 0.912. The highest BCUT2D eigenvalue weighted by molar-refractivity contribution is 7.92. The predicted octanol–water partition coefficient (Wildman–Crippen LogP) is 2.81. The van der Waals surface area contributed by atoms with E-state index in [2.05, 4.69) is 5.32 Å². The summed E-state index contributed by atoms with van der Waals surface area (Å²) in [6.07, 6.45) is 0. The van der Waals surface area contributed by atoms with Crippen LogP contribution in [0.3, 0.4) is 0 Å². The lowest BCUT2D eigenvalue weighted by atomic mass is 10.3. The van der Waals surface area contributed by atoms with E-state index in [0.717, 1.165) is 23.9 Å². The van der Waals surface area contributed by atoms with Crippen molar-refractivity contribution in [3.05, 3.63) is 54.1 Å². The maximum Gasteiger partial charge on any atom is 0.262 e. The van der Waals surface area contributed by atoms with Crippen LogP contribution in [0.2, 0.25) is 0 Å². The molecule has 0 aliphatic heterocycles. The van der Waals surface area contributed by atoms with E-state index in [9.17, 15) is 17.2 Å². The molecule has 0 heterocycles. The number of benzene rings is 2. The summed E-state index contributed by atoms with van der Waals surface area (Å²) in [4.78, 5) is -0.0841. The van der Waals surface area contributed by atoms with Crippen molar-refractivity contribution in [2.45, 2.75) is 4.90 Å². The van der Waals surface area contributed by atoms with Crippen molar-refractivity contribution in [1.82, 2.24) is 0 Å². The Morgan fingerprint density at radius 1 is 0.950 bits per heavy atom. The fraction of sp³-hybridized carbons (Fsp3) is 0.0769. The molecule has 0 unspecified atom stereocenters. The van der Waals surface area contributed by atoms with Crippen LogP contribution >= 0.6 is 0 Å². The van der Waals surface area contributed by atoms with Gasteiger partial charge in [0.25, 0.3) is 10.0 Å². The van der Waals surface area contributed by atoms with Crippen LogP contribution < -0.4 is 10.0 Å². The summed E-state index contributed by atoms with van der Waals surface area (Å²) >= 11 is 0. The third-order valence-corrected chi connectivity index (χ3v) is 4.02. The Balaban J connectivity index is 2.35. The zero-order valence-corrected chi connectivity index (χ0v) is 11.3. The molecule has 20 heavy (non-hydrogen) atoms. The second-order valence-electron chi connectivity index (χ2n) is 3.98. The van der Waals surface area contributed by atoms with Gasteiger partial charge in [-0.15, -0.1) is 0 Å². The van der Waals surface area contributed by atoms with E-state index in [0.29, 0.717) is 0 Å². The minimum atomic E-state index is -4.04. The largest absolute Gasteiger partial charge is 0.388 e. The van der Waals surface area contributed by atoms with Gasteiger partial charge in [0.15, 0.2) is 0 Å². The minimum absolute atomic E-state index is 0.0841. The Labute approximate surface area is 115 Å². The van der Waals surface area contributed by atoms with E-state index in [1.54, 1.807) is 19.2 Å². The second kappa shape index (κ2) is 5.46. The van der Waals surface area contributed by atoms with Crippen molar-refractivity contribution in [2.75, 3.05) is 17.1 Å². The number of anilines is 2. The smallest absolute Gasteiger partial charge is 0.262 e. The van der Waals surface area contributed by atoms with Crippen molar-refractivity contribution in [3.63, 3.8) is 0 Å². The monoisotopic (exact) mass is 298 g/mol. The minimum Gasteiger partial charge on any atom is -0.388 e. The van der Waals surface area contributed by atoms with Gasteiger partial charge in [-0.05, 0) is 36.4 Å². The normalized spacial score (nSPS) is 11.2. The Hall–Kier alpha value is -2.15. The molecule has 0 bridgehead atoms. The lowest BCUT2D eigenvalue weighted by Crippen LogP contribution is -2.15. The maximum atomic E-state index is 13.4. The SMILES string of the molecule is CNc1ccc(S(=O)(=O)Nc2c(F)cccc2F)cc1. The molecular formula is C13H12F2N2O2S. The summed E-state index contributed by atoms with van der Waals surface area (Å²) in [5.74, 6) is -1.94. The van der Waals surface area contributed by atoms with Gasteiger partial charge in [0.1, 0.15) is 17.3 Å². The summed E-state index contributed by atoms with van der Waals surface area (Å²) in [7, 11) is -2.35. The van der Waals surface area contributed by atoms with Gasteiger partial charge in [-0.25, -0.2) is 17.2 Å². The van der Waals surface area contributed by atoms with E-state index in [1.807, 2.05) is 4.72 Å². The van der Waals surface area contributed by atoms with E-state index < -0.39 is 27.3 Å². The topological polar surface area (TPSA) is 58.2 Å². The number of nitrogens with one attached hydrogen (secondary N) is 2. The van der Waals surface area contributed by atoms with Gasteiger partial charge >= 0.3 is 0 Å². The molecule has 0 spiro atoms. The first-order valence-corrected chi connectivity index (χ1v) is 7.17. The zero-order chi connectivity index (χ0) is 14.8. The predicted molar refractivity (Wildman–Crippen MR) is 73.2 cm³/mol. The van der Waals surface area contributed by atoms with Gasteiger partial charge in [0.05, 0.1) is 4.90 Å². The summed E-state index contributed by atoms with van der Waals surface area (Å²) in [5, 5.41) is 2.84. The molecule has 0 saturated carbocycles. The third kappa shape index (κ3) is 2.88. The number of para-hydroxylation sites is 1. The highest BCUT2D eigenvalue weighted by Crippen LogP contribution is 2.22. The Morgan fingerprint density at radius 3 is 2.00 bits per heavy atom. The molecule has 0 aliphatic rings. The molecule has 4 nitrogen and oxygen atoms in total. The Bertz CT molecular complexity index is 695. The molecule has 2 N–H and O–H groups in total. The van der Waals surface area contributed by atoms with E-state index in [1.165, 1.54) is 12.1 Å². The Kier molecular flexibility index (Phi) is 3.89. The lowest BCUT2D eigenvalue weighted by Gasteiger charge is -2.10. The van der Waals surface area contributed by atoms with Gasteiger partial charge in [-0.3, -0.25) is 4.72 Å². The van der Waals surface area contributed by atoms with E-state index in [4.69, 9.17) is 0 Å². The van der Waals surface area contributed by atoms with Crippen molar-refractivity contribution in [1.29, 1.82) is 0 Å². The average molecular weight is 298 g/mol. The highest BCUT2D eigenvalue weighted by atomic mass is 32.2. The van der Waals surface area contributed by atoms with Crippen LogP contribution in [0.1, 0.15) is 0 Å². The van der Waals surface area contributed by atoms with Crippen LogP contribution in [-0.4, -0.2) is 15.5 Å². The summed E-state index contributed by atoms with van der Waals surface area (Å²) < 4.78 is 52.9. The molecule has 7 heteroatoms. The van der Waals surface area contributed by atoms with Crippen molar-refractivity contribution in [3.8, 4) is 0 Å². The van der Waals surface area contributed by atoms with Crippen LogP contribution in [-0.2, 0) is 10.0 Å². The molecule has 0 atom stereocenters. The van der Waals surface area contributed by atoms with Gasteiger partial charge < -0.3 is 5.32 Å². The van der Waals surface area contributed by atoms with Gasteiger partial charge in [0.2, 0.25) is 0 Å². The molecule has 0 aromatic heterocycles. The number of hydrogen-bond donors (Lipinski definition) is 2. The molecule has 0 aliphatic carbocycles. The third-order valence-electron chi connectivity index (χ3n) is 2.65. The van der Waals surface area contributed by atoms with E-state index in [-0.39, 0.29) is 4.90 Å². The molecule has 0 saturated heterocycles. The van der Waals surface area contributed by atoms with E-state index >= 15 is 0 Å².